The molecule has 1 aliphatic carbocycles. The number of fused-ring (bicyclic) bond motifs is 1. The first kappa shape index (κ1) is 12.0. The van der Waals surface area contributed by atoms with E-state index in [4.69, 9.17) is 10.2 Å². The van der Waals surface area contributed by atoms with Crippen LogP contribution in [-0.2, 0) is 0 Å². The van der Waals surface area contributed by atoms with Crippen molar-refractivity contribution in [1.82, 2.24) is 0 Å². The number of hydrogen-bond donors (Lipinski definition) is 1. The molecule has 4 nitrogen and oxygen atoms in total. The van der Waals surface area contributed by atoms with E-state index >= 15 is 0 Å². The normalized spacial score (nSPS) is 16.0. The fourth-order valence-electron chi connectivity index (χ4n) is 2.86. The van der Waals surface area contributed by atoms with E-state index in [-0.39, 0.29) is 17.5 Å². The first-order valence-electron chi connectivity index (χ1n) is 6.54. The fraction of sp³-hybridized carbons (Fsp3) is 0.333. The second kappa shape index (κ2) is 4.53. The molecule has 0 atom stereocenters. The Morgan fingerprint density at radius 1 is 1.16 bits per heavy atom. The SMILES string of the molecule is NC(=O)c1oc2ccccc2c1C(=O)C1CCCC1. The quantitative estimate of drug-likeness (QED) is 0.859. The van der Waals surface area contributed by atoms with Gasteiger partial charge in [0.15, 0.2) is 5.78 Å². The molecule has 19 heavy (non-hydrogen) atoms. The van der Waals surface area contributed by atoms with Crippen molar-refractivity contribution in [2.24, 2.45) is 11.7 Å². The highest BCUT2D eigenvalue weighted by molar-refractivity contribution is 6.15. The van der Waals surface area contributed by atoms with E-state index < -0.39 is 5.91 Å². The van der Waals surface area contributed by atoms with Gasteiger partial charge in [-0.2, -0.15) is 0 Å². The molecule has 2 N–H and O–H groups in total. The van der Waals surface area contributed by atoms with Gasteiger partial charge in [-0.15, -0.1) is 0 Å². The first-order chi connectivity index (χ1) is 9.18. The van der Waals surface area contributed by atoms with E-state index in [0.29, 0.717) is 16.5 Å². The monoisotopic (exact) mass is 257 g/mol. The molecule has 3 rings (SSSR count). The number of rotatable bonds is 3. The van der Waals surface area contributed by atoms with Crippen LogP contribution < -0.4 is 5.73 Å². The summed E-state index contributed by atoms with van der Waals surface area (Å²) < 4.78 is 5.45. The van der Waals surface area contributed by atoms with Crippen molar-refractivity contribution in [3.8, 4) is 0 Å². The number of primary amides is 1. The van der Waals surface area contributed by atoms with E-state index in [2.05, 4.69) is 0 Å². The lowest BCUT2D eigenvalue weighted by Gasteiger charge is -2.07. The lowest BCUT2D eigenvalue weighted by molar-refractivity contribution is 0.0903. The Balaban J connectivity index is 2.16. The van der Waals surface area contributed by atoms with Crippen molar-refractivity contribution < 1.29 is 14.0 Å². The van der Waals surface area contributed by atoms with Gasteiger partial charge in [0.2, 0.25) is 5.76 Å². The number of carbonyl (C=O) groups excluding carboxylic acids is 2. The smallest absolute Gasteiger partial charge is 0.285 e. The van der Waals surface area contributed by atoms with E-state index in [1.54, 1.807) is 18.2 Å². The number of nitrogens with two attached hydrogens (primary N) is 1. The summed E-state index contributed by atoms with van der Waals surface area (Å²) in [4.78, 5) is 24.1. The third-order valence-electron chi connectivity index (χ3n) is 3.79. The Morgan fingerprint density at radius 2 is 1.84 bits per heavy atom. The summed E-state index contributed by atoms with van der Waals surface area (Å²) >= 11 is 0. The third-order valence-corrected chi connectivity index (χ3v) is 3.79. The standard InChI is InChI=1S/C15H15NO3/c16-15(18)14-12(13(17)9-5-1-2-6-9)10-7-3-4-8-11(10)19-14/h3-4,7-9H,1-2,5-6H2,(H2,16,18). The average Bonchev–Trinajstić information content (AvgIpc) is 3.05. The number of furan rings is 1. The van der Waals surface area contributed by atoms with Crippen LogP contribution in [0, 0.1) is 5.92 Å². The molecule has 0 bridgehead atoms. The maximum Gasteiger partial charge on any atom is 0.285 e. The molecule has 98 valence electrons. The van der Waals surface area contributed by atoms with Gasteiger partial charge in [0, 0.05) is 11.3 Å². The van der Waals surface area contributed by atoms with Crippen LogP contribution in [0.25, 0.3) is 11.0 Å². The third kappa shape index (κ3) is 1.93. The summed E-state index contributed by atoms with van der Waals surface area (Å²) in [5.41, 5.74) is 6.24. The van der Waals surface area contributed by atoms with Crippen molar-refractivity contribution in [3.63, 3.8) is 0 Å². The zero-order chi connectivity index (χ0) is 13.4. The average molecular weight is 257 g/mol. The van der Waals surface area contributed by atoms with Gasteiger partial charge in [-0.05, 0) is 18.9 Å². The molecule has 1 aromatic carbocycles. The molecule has 0 unspecified atom stereocenters. The number of ketones is 1. The minimum atomic E-state index is -0.683. The summed E-state index contributed by atoms with van der Waals surface area (Å²) in [6.45, 7) is 0. The van der Waals surface area contributed by atoms with Gasteiger partial charge in [0.1, 0.15) is 5.58 Å². The van der Waals surface area contributed by atoms with Crippen molar-refractivity contribution in [2.45, 2.75) is 25.7 Å². The minimum Gasteiger partial charge on any atom is -0.450 e. The van der Waals surface area contributed by atoms with Crippen molar-refractivity contribution in [2.75, 3.05) is 0 Å². The fourth-order valence-corrected chi connectivity index (χ4v) is 2.86. The number of hydrogen-bond acceptors (Lipinski definition) is 3. The summed E-state index contributed by atoms with van der Waals surface area (Å²) in [5.74, 6) is -0.689. The van der Waals surface area contributed by atoms with Crippen LogP contribution >= 0.6 is 0 Å². The molecule has 2 aromatic rings. The summed E-state index contributed by atoms with van der Waals surface area (Å²) in [5, 5.41) is 0.688. The predicted octanol–water partition coefficient (Wildman–Crippen LogP) is 2.90. The van der Waals surface area contributed by atoms with Gasteiger partial charge in [0.25, 0.3) is 5.91 Å². The Bertz CT molecular complexity index is 650. The minimum absolute atomic E-state index is 0.000828. The highest BCUT2D eigenvalue weighted by atomic mass is 16.3. The highest BCUT2D eigenvalue weighted by Gasteiger charge is 2.30. The van der Waals surface area contributed by atoms with Crippen LogP contribution in [0.3, 0.4) is 0 Å². The molecule has 1 saturated carbocycles. The van der Waals surface area contributed by atoms with Crippen molar-refractivity contribution in [3.05, 3.63) is 35.6 Å². The molecular formula is C15H15NO3. The lowest BCUT2D eigenvalue weighted by Crippen LogP contribution is -2.18. The molecule has 4 heteroatoms. The largest absolute Gasteiger partial charge is 0.450 e. The molecule has 0 spiro atoms. The zero-order valence-electron chi connectivity index (χ0n) is 10.5. The Hall–Kier alpha value is -2.10. The molecule has 0 aliphatic heterocycles. The van der Waals surface area contributed by atoms with Crippen LogP contribution in [0.4, 0.5) is 0 Å². The number of benzene rings is 1. The lowest BCUT2D eigenvalue weighted by atomic mass is 9.94. The van der Waals surface area contributed by atoms with Crippen molar-refractivity contribution >= 4 is 22.7 Å². The van der Waals surface area contributed by atoms with Gasteiger partial charge < -0.3 is 10.2 Å². The van der Waals surface area contributed by atoms with E-state index in [9.17, 15) is 9.59 Å². The Kier molecular flexibility index (Phi) is 2.85. The summed E-state index contributed by atoms with van der Waals surface area (Å²) in [7, 11) is 0. The highest BCUT2D eigenvalue weighted by Crippen LogP contribution is 2.33. The van der Waals surface area contributed by atoms with Crippen LogP contribution in [0.5, 0.6) is 0 Å². The second-order valence-electron chi connectivity index (χ2n) is 5.01. The maximum absolute atomic E-state index is 12.6. The van der Waals surface area contributed by atoms with Gasteiger partial charge >= 0.3 is 0 Å². The number of Topliss-reactive ketones (excluding diaryl/α,β-unsaturated/α-hetero) is 1. The molecule has 1 amide bonds. The van der Waals surface area contributed by atoms with E-state index in [1.165, 1.54) is 0 Å². The van der Waals surface area contributed by atoms with Gasteiger partial charge in [-0.1, -0.05) is 31.0 Å². The molecule has 1 heterocycles. The van der Waals surface area contributed by atoms with Gasteiger partial charge in [-0.3, -0.25) is 9.59 Å². The van der Waals surface area contributed by atoms with Crippen molar-refractivity contribution in [1.29, 1.82) is 0 Å². The van der Waals surface area contributed by atoms with Gasteiger partial charge in [0.05, 0.1) is 5.56 Å². The number of para-hydroxylation sites is 1. The molecule has 0 saturated heterocycles. The van der Waals surface area contributed by atoms with Crippen LogP contribution in [0.2, 0.25) is 0 Å². The Labute approximate surface area is 110 Å². The number of amides is 1. The van der Waals surface area contributed by atoms with Crippen LogP contribution in [-0.4, -0.2) is 11.7 Å². The van der Waals surface area contributed by atoms with E-state index in [0.717, 1.165) is 25.7 Å². The second-order valence-corrected chi connectivity index (χ2v) is 5.01. The summed E-state index contributed by atoms with van der Waals surface area (Å²) in [6.07, 6.45) is 3.91. The molecular weight excluding hydrogens is 242 g/mol. The maximum atomic E-state index is 12.6. The molecule has 0 radical (unpaired) electrons. The van der Waals surface area contributed by atoms with Crippen LogP contribution in [0.15, 0.2) is 28.7 Å². The van der Waals surface area contributed by atoms with Crippen LogP contribution in [0.1, 0.15) is 46.6 Å². The van der Waals surface area contributed by atoms with E-state index in [1.807, 2.05) is 6.07 Å². The first-order valence-corrected chi connectivity index (χ1v) is 6.54. The predicted molar refractivity (Wildman–Crippen MR) is 71.0 cm³/mol. The topological polar surface area (TPSA) is 73.3 Å². The summed E-state index contributed by atoms with van der Waals surface area (Å²) in [6, 6.07) is 7.18. The van der Waals surface area contributed by atoms with Gasteiger partial charge in [-0.25, -0.2) is 0 Å². The Morgan fingerprint density at radius 3 is 2.53 bits per heavy atom. The number of carbonyl (C=O) groups is 2. The molecule has 1 aromatic heterocycles. The molecule has 1 aliphatic rings. The zero-order valence-corrected chi connectivity index (χ0v) is 10.5. The molecule has 1 fully saturated rings.